The molecule has 2 rings (SSSR count). The van der Waals surface area contributed by atoms with Crippen LogP contribution in [0.1, 0.15) is 18.1 Å². The number of hydrogen-bond donors (Lipinski definition) is 0. The molecule has 0 bridgehead atoms. The minimum atomic E-state index is -0.380. The second kappa shape index (κ2) is 7.27. The molecular formula is C19H22FNO2. The van der Waals surface area contributed by atoms with E-state index in [0.29, 0.717) is 12.3 Å². The highest BCUT2D eigenvalue weighted by molar-refractivity contribution is 5.77. The van der Waals surface area contributed by atoms with Crippen molar-refractivity contribution >= 4 is 5.91 Å². The summed E-state index contributed by atoms with van der Waals surface area (Å²) >= 11 is 0. The number of likely N-dealkylation sites (N-methyl/N-ethyl adjacent to an activating group) is 1. The average Bonchev–Trinajstić information content (AvgIpc) is 2.53. The van der Waals surface area contributed by atoms with Gasteiger partial charge in [0.2, 0.25) is 0 Å². The third kappa shape index (κ3) is 4.31. The molecule has 0 radical (unpaired) electrons. The zero-order valence-electron chi connectivity index (χ0n) is 14.0. The minimum Gasteiger partial charge on any atom is -0.484 e. The highest BCUT2D eigenvalue weighted by Gasteiger charge is 2.10. The van der Waals surface area contributed by atoms with E-state index in [-0.39, 0.29) is 18.3 Å². The zero-order chi connectivity index (χ0) is 17.0. The molecule has 3 nitrogen and oxygen atoms in total. The summed E-state index contributed by atoms with van der Waals surface area (Å²) in [6.07, 6.45) is 0. The van der Waals surface area contributed by atoms with E-state index < -0.39 is 0 Å². The molecule has 0 unspecified atom stereocenters. The largest absolute Gasteiger partial charge is 0.484 e. The Hall–Kier alpha value is -2.36. The normalized spacial score (nSPS) is 10.5. The lowest BCUT2D eigenvalue weighted by molar-refractivity contribution is -0.131. The van der Waals surface area contributed by atoms with Crippen molar-refractivity contribution in [1.29, 1.82) is 0 Å². The van der Waals surface area contributed by atoms with Gasteiger partial charge in [-0.15, -0.1) is 0 Å². The number of hydrogen-bond acceptors (Lipinski definition) is 2. The van der Waals surface area contributed by atoms with Crippen LogP contribution in [0.2, 0.25) is 0 Å². The van der Waals surface area contributed by atoms with Gasteiger partial charge < -0.3 is 9.64 Å². The Balaban J connectivity index is 2.25. The molecule has 0 aromatic heterocycles. The number of carbonyl (C=O) groups is 1. The van der Waals surface area contributed by atoms with Gasteiger partial charge in [0.05, 0.1) is 0 Å². The highest BCUT2D eigenvalue weighted by atomic mass is 19.1. The van der Waals surface area contributed by atoms with Crippen LogP contribution >= 0.6 is 0 Å². The summed E-state index contributed by atoms with van der Waals surface area (Å²) in [5.74, 6) is -0.154. The van der Waals surface area contributed by atoms with Crippen LogP contribution in [0, 0.1) is 19.7 Å². The first-order valence-corrected chi connectivity index (χ1v) is 7.65. The molecule has 0 heterocycles. The zero-order valence-corrected chi connectivity index (χ0v) is 14.0. The topological polar surface area (TPSA) is 29.5 Å². The van der Waals surface area contributed by atoms with Gasteiger partial charge in [-0.25, -0.2) is 4.39 Å². The molecule has 0 spiro atoms. The lowest BCUT2D eigenvalue weighted by Crippen LogP contribution is -2.31. The number of halogens is 1. The summed E-state index contributed by atoms with van der Waals surface area (Å²) in [7, 11) is 1.71. The van der Waals surface area contributed by atoms with Gasteiger partial charge >= 0.3 is 0 Å². The van der Waals surface area contributed by atoms with Crippen molar-refractivity contribution < 1.29 is 13.9 Å². The lowest BCUT2D eigenvalue weighted by Gasteiger charge is -2.15. The fraction of sp³-hybridized carbons (Fsp3) is 0.316. The van der Waals surface area contributed by atoms with Crippen LogP contribution in [0.25, 0.3) is 11.1 Å². The summed E-state index contributed by atoms with van der Waals surface area (Å²) in [6.45, 7) is 6.39. The number of carbonyl (C=O) groups excluding carboxylic acids is 1. The molecule has 0 fully saturated rings. The van der Waals surface area contributed by atoms with Gasteiger partial charge in [0, 0.05) is 19.7 Å². The van der Waals surface area contributed by atoms with E-state index in [1.807, 2.05) is 39.0 Å². The molecule has 4 heteroatoms. The predicted octanol–water partition coefficient (Wildman–Crippen LogP) is 3.97. The third-order valence-corrected chi connectivity index (χ3v) is 3.84. The van der Waals surface area contributed by atoms with E-state index in [2.05, 4.69) is 0 Å². The number of rotatable bonds is 5. The number of ether oxygens (including phenoxy) is 1. The van der Waals surface area contributed by atoms with E-state index in [9.17, 15) is 9.18 Å². The first-order valence-electron chi connectivity index (χ1n) is 7.65. The molecule has 0 aliphatic heterocycles. The van der Waals surface area contributed by atoms with Crippen molar-refractivity contribution in [3.8, 4) is 16.9 Å². The number of aryl methyl sites for hydroxylation is 2. The fourth-order valence-corrected chi connectivity index (χ4v) is 2.28. The Morgan fingerprint density at radius 3 is 2.61 bits per heavy atom. The number of nitrogens with zero attached hydrogens (tertiary/aromatic N) is 1. The number of benzene rings is 2. The van der Waals surface area contributed by atoms with Gasteiger partial charge in [-0.1, -0.05) is 23.8 Å². The van der Waals surface area contributed by atoms with Gasteiger partial charge in [0.1, 0.15) is 11.6 Å². The fourth-order valence-electron chi connectivity index (χ4n) is 2.28. The quantitative estimate of drug-likeness (QED) is 0.835. The molecule has 0 atom stereocenters. The predicted molar refractivity (Wildman–Crippen MR) is 90.1 cm³/mol. The van der Waals surface area contributed by atoms with Crippen LogP contribution in [0.5, 0.6) is 5.75 Å². The van der Waals surface area contributed by atoms with Crippen molar-refractivity contribution in [3.05, 3.63) is 53.3 Å². The molecule has 0 saturated heterocycles. The smallest absolute Gasteiger partial charge is 0.260 e. The van der Waals surface area contributed by atoms with Crippen molar-refractivity contribution in [3.63, 3.8) is 0 Å². The Labute approximate surface area is 136 Å². The Bertz CT molecular complexity index is 713. The van der Waals surface area contributed by atoms with E-state index >= 15 is 0 Å². The summed E-state index contributed by atoms with van der Waals surface area (Å²) in [6, 6.07) is 10.6. The van der Waals surface area contributed by atoms with Crippen LogP contribution < -0.4 is 4.74 Å². The van der Waals surface area contributed by atoms with Crippen molar-refractivity contribution in [2.75, 3.05) is 20.2 Å². The second-order valence-corrected chi connectivity index (χ2v) is 5.69. The molecule has 23 heavy (non-hydrogen) atoms. The summed E-state index contributed by atoms with van der Waals surface area (Å²) in [5.41, 5.74) is 3.88. The van der Waals surface area contributed by atoms with Gasteiger partial charge in [-0.2, -0.15) is 0 Å². The van der Waals surface area contributed by atoms with Gasteiger partial charge in [-0.05, 0) is 49.6 Å². The summed E-state index contributed by atoms with van der Waals surface area (Å²) in [5, 5.41) is 0. The number of amides is 1. The molecule has 0 aliphatic rings. The first-order chi connectivity index (χ1) is 10.9. The van der Waals surface area contributed by atoms with E-state index in [4.69, 9.17) is 4.74 Å². The maximum Gasteiger partial charge on any atom is 0.260 e. The highest BCUT2D eigenvalue weighted by Crippen LogP contribution is 2.29. The van der Waals surface area contributed by atoms with Gasteiger partial charge in [0.15, 0.2) is 6.61 Å². The molecule has 122 valence electrons. The molecule has 2 aromatic rings. The van der Waals surface area contributed by atoms with Gasteiger partial charge in [0.25, 0.3) is 5.91 Å². The van der Waals surface area contributed by atoms with Crippen LogP contribution in [-0.2, 0) is 4.79 Å². The Morgan fingerprint density at radius 1 is 1.17 bits per heavy atom. The third-order valence-electron chi connectivity index (χ3n) is 3.84. The maximum atomic E-state index is 13.9. The monoisotopic (exact) mass is 315 g/mol. The van der Waals surface area contributed by atoms with Crippen LogP contribution in [-0.4, -0.2) is 31.0 Å². The average molecular weight is 315 g/mol. The van der Waals surface area contributed by atoms with Crippen molar-refractivity contribution in [2.24, 2.45) is 0 Å². The molecule has 0 N–H and O–H groups in total. The molecule has 0 saturated carbocycles. The molecular weight excluding hydrogens is 293 g/mol. The summed E-state index contributed by atoms with van der Waals surface area (Å²) in [4.78, 5) is 13.4. The van der Waals surface area contributed by atoms with E-state index in [0.717, 1.165) is 22.3 Å². The second-order valence-electron chi connectivity index (χ2n) is 5.69. The van der Waals surface area contributed by atoms with Crippen LogP contribution in [0.15, 0.2) is 36.4 Å². The molecule has 2 aromatic carbocycles. The lowest BCUT2D eigenvalue weighted by atomic mass is 9.98. The van der Waals surface area contributed by atoms with E-state index in [1.54, 1.807) is 18.0 Å². The Kier molecular flexibility index (Phi) is 5.37. The standard InChI is InChI=1S/C19H22FNO2/c1-5-21(4)19(22)12-23-17-10-15(9-16(20)11-17)18-8-13(2)6-7-14(18)3/h6-11H,5,12H2,1-4H3. The van der Waals surface area contributed by atoms with Crippen molar-refractivity contribution in [2.45, 2.75) is 20.8 Å². The maximum absolute atomic E-state index is 13.9. The SMILES string of the molecule is CCN(C)C(=O)COc1cc(F)cc(-c2cc(C)ccc2C)c1. The molecule has 0 aliphatic carbocycles. The van der Waals surface area contributed by atoms with Crippen molar-refractivity contribution in [1.82, 2.24) is 4.90 Å². The van der Waals surface area contributed by atoms with Gasteiger partial charge in [-0.3, -0.25) is 4.79 Å². The first kappa shape index (κ1) is 17.0. The van der Waals surface area contributed by atoms with Crippen LogP contribution in [0.4, 0.5) is 4.39 Å². The Morgan fingerprint density at radius 2 is 1.91 bits per heavy atom. The van der Waals surface area contributed by atoms with E-state index in [1.165, 1.54) is 12.1 Å². The minimum absolute atomic E-state index is 0.0972. The van der Waals surface area contributed by atoms with Crippen LogP contribution in [0.3, 0.4) is 0 Å². The summed E-state index contributed by atoms with van der Waals surface area (Å²) < 4.78 is 19.4. The molecule has 1 amide bonds.